The molecule has 0 aliphatic carbocycles. The van der Waals surface area contributed by atoms with Crippen molar-refractivity contribution in [1.29, 1.82) is 0 Å². The van der Waals surface area contributed by atoms with Crippen LogP contribution in [0.1, 0.15) is 60.8 Å². The molecule has 11 nitrogen and oxygen atoms in total. The number of carbonyl (C=O) groups is 5. The molecule has 258 valence electrons. The van der Waals surface area contributed by atoms with Crippen LogP contribution in [0.2, 0.25) is 0 Å². The van der Waals surface area contributed by atoms with E-state index in [1.165, 1.54) is 26.0 Å². The van der Waals surface area contributed by atoms with Gasteiger partial charge in [0.05, 0.1) is 13.0 Å². The van der Waals surface area contributed by atoms with Crippen LogP contribution < -0.4 is 25.4 Å². The Kier molecular flexibility index (Phi) is 14.2. The maximum absolute atomic E-state index is 14.1. The number of ketones is 1. The van der Waals surface area contributed by atoms with Crippen molar-refractivity contribution in [2.45, 2.75) is 78.5 Å². The van der Waals surface area contributed by atoms with Gasteiger partial charge >= 0.3 is 17.8 Å². The minimum absolute atomic E-state index is 0.0500. The summed E-state index contributed by atoms with van der Waals surface area (Å²) in [6.07, 6.45) is 1.03. The molecule has 0 aromatic heterocycles. The molecular weight excluding hydrogens is 630 g/mol. The summed E-state index contributed by atoms with van der Waals surface area (Å²) in [5.74, 6) is -14.4. The first-order chi connectivity index (χ1) is 21.9. The van der Waals surface area contributed by atoms with Crippen molar-refractivity contribution in [2.24, 2.45) is 5.92 Å². The first-order valence-corrected chi connectivity index (χ1v) is 14.8. The van der Waals surface area contributed by atoms with E-state index in [0.717, 1.165) is 12.8 Å². The molecule has 3 N–H and O–H groups in total. The predicted molar refractivity (Wildman–Crippen MR) is 161 cm³/mol. The van der Waals surface area contributed by atoms with Gasteiger partial charge in [0.25, 0.3) is 0 Å². The minimum Gasteiger partial charge on any atom is -0.494 e. The molecule has 0 bridgehead atoms. The van der Waals surface area contributed by atoms with Gasteiger partial charge in [0.15, 0.2) is 23.2 Å². The average molecular weight is 670 g/mol. The number of carbonyl (C=O) groups excluding carboxylic acids is 5. The molecular formula is C32H39F4N3O8. The topological polar surface area (TPSA) is 149 Å². The van der Waals surface area contributed by atoms with Gasteiger partial charge in [0.1, 0.15) is 30.0 Å². The molecule has 0 aliphatic heterocycles. The zero-order valence-electron chi connectivity index (χ0n) is 26.9. The van der Waals surface area contributed by atoms with Gasteiger partial charge in [-0.05, 0) is 57.4 Å². The van der Waals surface area contributed by atoms with Gasteiger partial charge in [-0.25, -0.2) is 8.78 Å². The Hall–Kier alpha value is -4.69. The van der Waals surface area contributed by atoms with Crippen molar-refractivity contribution in [3.63, 3.8) is 0 Å². The quantitative estimate of drug-likeness (QED) is 0.0833. The number of benzene rings is 2. The number of hydrogen-bond acceptors (Lipinski definition) is 8. The van der Waals surface area contributed by atoms with E-state index >= 15 is 0 Å². The van der Waals surface area contributed by atoms with E-state index < -0.39 is 95.1 Å². The normalized spacial score (nSPS) is 12.5. The van der Waals surface area contributed by atoms with Crippen LogP contribution in [0.5, 0.6) is 11.5 Å². The van der Waals surface area contributed by atoms with Crippen LogP contribution in [0.25, 0.3) is 0 Å². The Balaban J connectivity index is 2.17. The lowest BCUT2D eigenvalue weighted by Crippen LogP contribution is -2.56. The molecule has 0 radical (unpaired) electrons. The van der Waals surface area contributed by atoms with E-state index in [1.807, 2.05) is 6.92 Å². The summed E-state index contributed by atoms with van der Waals surface area (Å²) in [5, 5.41) is 6.92. The Morgan fingerprint density at radius 3 is 1.98 bits per heavy atom. The van der Waals surface area contributed by atoms with Gasteiger partial charge in [-0.3, -0.25) is 24.0 Å². The Morgan fingerprint density at radius 2 is 1.45 bits per heavy atom. The SMILES string of the molecule is CCCCOc1ccc(NC(=O)C(=O)N[C@H](C(=O)NC(CC(=O)OC(C)(C)C)C(=O)COc2c(F)c(F)cc(F)c2F)C(C)C)cc1. The molecule has 0 saturated heterocycles. The summed E-state index contributed by atoms with van der Waals surface area (Å²) in [7, 11) is 0. The summed E-state index contributed by atoms with van der Waals surface area (Å²) < 4.78 is 70.7. The second-order valence-corrected chi connectivity index (χ2v) is 11.8. The Morgan fingerprint density at radius 1 is 0.851 bits per heavy atom. The third-order valence-electron chi connectivity index (χ3n) is 6.25. The monoisotopic (exact) mass is 669 g/mol. The molecule has 1 unspecified atom stereocenters. The van der Waals surface area contributed by atoms with E-state index in [4.69, 9.17) is 14.2 Å². The smallest absolute Gasteiger partial charge is 0.313 e. The molecule has 2 aromatic carbocycles. The first-order valence-electron chi connectivity index (χ1n) is 14.8. The number of rotatable bonds is 15. The summed E-state index contributed by atoms with van der Waals surface area (Å²) in [6.45, 7) is 8.98. The fourth-order valence-electron chi connectivity index (χ4n) is 3.88. The van der Waals surface area contributed by atoms with E-state index in [-0.39, 0.29) is 11.8 Å². The number of esters is 1. The van der Waals surface area contributed by atoms with Gasteiger partial charge in [0.2, 0.25) is 17.5 Å². The number of nitrogens with one attached hydrogen (secondary N) is 3. The van der Waals surface area contributed by atoms with Crippen molar-refractivity contribution in [2.75, 3.05) is 18.5 Å². The zero-order valence-corrected chi connectivity index (χ0v) is 26.9. The van der Waals surface area contributed by atoms with E-state index in [0.29, 0.717) is 12.4 Å². The highest BCUT2D eigenvalue weighted by atomic mass is 19.2. The molecule has 15 heteroatoms. The van der Waals surface area contributed by atoms with Gasteiger partial charge in [-0.1, -0.05) is 27.2 Å². The fraction of sp³-hybridized carbons (Fsp3) is 0.469. The van der Waals surface area contributed by atoms with Crippen LogP contribution >= 0.6 is 0 Å². The van der Waals surface area contributed by atoms with Crippen LogP contribution in [-0.2, 0) is 28.7 Å². The lowest BCUT2D eigenvalue weighted by atomic mass is 10.0. The highest BCUT2D eigenvalue weighted by molar-refractivity contribution is 6.40. The summed E-state index contributed by atoms with van der Waals surface area (Å²) >= 11 is 0. The van der Waals surface area contributed by atoms with Crippen LogP contribution in [0, 0.1) is 29.2 Å². The van der Waals surface area contributed by atoms with Gasteiger partial charge in [-0.15, -0.1) is 0 Å². The largest absolute Gasteiger partial charge is 0.494 e. The van der Waals surface area contributed by atoms with Crippen molar-refractivity contribution in [3.8, 4) is 11.5 Å². The van der Waals surface area contributed by atoms with Gasteiger partial charge in [0, 0.05) is 11.8 Å². The first kappa shape index (κ1) is 38.5. The Bertz CT molecular complexity index is 1420. The fourth-order valence-corrected chi connectivity index (χ4v) is 3.88. The third kappa shape index (κ3) is 12.2. The second kappa shape index (κ2) is 17.3. The maximum atomic E-state index is 14.1. The molecule has 2 atom stereocenters. The molecule has 0 fully saturated rings. The predicted octanol–water partition coefficient (Wildman–Crippen LogP) is 4.37. The van der Waals surface area contributed by atoms with Gasteiger partial charge in [-0.2, -0.15) is 8.78 Å². The van der Waals surface area contributed by atoms with E-state index in [2.05, 4.69) is 16.0 Å². The summed E-state index contributed by atoms with van der Waals surface area (Å²) in [5.41, 5.74) is -0.728. The number of anilines is 1. The molecule has 3 amide bonds. The number of Topliss-reactive ketones (excluding diaryl/α,β-unsaturated/α-hetero) is 1. The van der Waals surface area contributed by atoms with E-state index in [9.17, 15) is 41.5 Å². The molecule has 2 rings (SSSR count). The van der Waals surface area contributed by atoms with Crippen LogP contribution in [-0.4, -0.2) is 60.4 Å². The molecule has 0 aliphatic rings. The number of ether oxygens (including phenoxy) is 3. The van der Waals surface area contributed by atoms with E-state index in [1.54, 1.807) is 32.9 Å². The molecule has 2 aromatic rings. The summed E-state index contributed by atoms with van der Waals surface area (Å²) in [6, 6.07) is 3.04. The maximum Gasteiger partial charge on any atom is 0.313 e. The van der Waals surface area contributed by atoms with Crippen molar-refractivity contribution in [1.82, 2.24) is 10.6 Å². The lowest BCUT2D eigenvalue weighted by Gasteiger charge is -2.26. The number of amides is 3. The van der Waals surface area contributed by atoms with Crippen LogP contribution in [0.15, 0.2) is 30.3 Å². The zero-order chi connectivity index (χ0) is 35.5. The number of hydrogen-bond donors (Lipinski definition) is 3. The third-order valence-corrected chi connectivity index (χ3v) is 6.25. The molecule has 0 heterocycles. The van der Waals surface area contributed by atoms with Crippen molar-refractivity contribution >= 4 is 35.2 Å². The Labute approximate surface area is 269 Å². The number of halogens is 4. The second-order valence-electron chi connectivity index (χ2n) is 11.8. The minimum atomic E-state index is -1.90. The summed E-state index contributed by atoms with van der Waals surface area (Å²) in [4.78, 5) is 64.1. The standard InChI is InChI=1S/C32H39F4N3O8/c1-7-8-13-45-19-11-9-18(10-12-19)37-30(43)31(44)39-27(17(2)3)29(42)38-22(15-24(41)47-32(4,5)6)23(40)16-46-28-25(35)20(33)14-21(34)26(28)36/h9-12,14,17,22,27H,7-8,13,15-16H2,1-6H3,(H,37,43)(H,38,42)(H,39,44)/t22?,27-/m0/s1. The molecule has 0 spiro atoms. The van der Waals surface area contributed by atoms with Crippen LogP contribution in [0.4, 0.5) is 23.2 Å². The highest BCUT2D eigenvalue weighted by Gasteiger charge is 2.33. The average Bonchev–Trinajstić information content (AvgIpc) is 2.98. The lowest BCUT2D eigenvalue weighted by molar-refractivity contribution is -0.156. The van der Waals surface area contributed by atoms with Crippen molar-refractivity contribution < 1.29 is 55.7 Å². The van der Waals surface area contributed by atoms with Crippen LogP contribution in [0.3, 0.4) is 0 Å². The number of unbranched alkanes of at least 4 members (excludes halogenated alkanes) is 1. The highest BCUT2D eigenvalue weighted by Crippen LogP contribution is 2.26. The molecule has 47 heavy (non-hydrogen) atoms. The van der Waals surface area contributed by atoms with Crippen molar-refractivity contribution in [3.05, 3.63) is 53.6 Å². The van der Waals surface area contributed by atoms with Gasteiger partial charge < -0.3 is 30.2 Å². The molecule has 0 saturated carbocycles.